The van der Waals surface area contributed by atoms with E-state index in [-0.39, 0.29) is 28.5 Å². The number of nitrogens with one attached hydrogen (secondary N) is 1. The second-order valence-corrected chi connectivity index (χ2v) is 9.11. The Morgan fingerprint density at radius 2 is 1.35 bits per heavy atom. The molecule has 0 radical (unpaired) electrons. The first-order valence-electron chi connectivity index (χ1n) is 9.39. The van der Waals surface area contributed by atoms with Gasteiger partial charge < -0.3 is 10.4 Å². The standard InChI is InChI=1S/C23H11Br2F6NO2/c24-17-4-10(5-18(25)20(17)33)3-16-15-8-11(1-2-19(15)32-21(16)34)12-6-13(22(26,27)28)9-14(7-12)23(29,30)31/h1-9,33H,(H,32,34)/b16-3-. The maximum atomic E-state index is 13.3. The lowest BCUT2D eigenvalue weighted by atomic mass is 9.95. The first kappa shape index (κ1) is 24.3. The lowest BCUT2D eigenvalue weighted by Crippen LogP contribution is -2.11. The van der Waals surface area contributed by atoms with Crippen molar-refractivity contribution < 1.29 is 36.2 Å². The number of halogens is 8. The van der Waals surface area contributed by atoms with E-state index in [2.05, 4.69) is 37.2 Å². The average molecular weight is 607 g/mol. The summed E-state index contributed by atoms with van der Waals surface area (Å²) in [6, 6.07) is 8.55. The van der Waals surface area contributed by atoms with Crippen LogP contribution in [-0.4, -0.2) is 11.0 Å². The predicted octanol–water partition coefficient (Wildman–Crippen LogP) is 8.11. The molecule has 3 nitrogen and oxygen atoms in total. The van der Waals surface area contributed by atoms with Crippen LogP contribution in [0.5, 0.6) is 5.75 Å². The zero-order valence-electron chi connectivity index (χ0n) is 16.6. The average Bonchev–Trinajstić information content (AvgIpc) is 3.04. The number of carbonyl (C=O) groups is 1. The van der Waals surface area contributed by atoms with E-state index in [1.807, 2.05) is 0 Å². The zero-order chi connectivity index (χ0) is 25.0. The van der Waals surface area contributed by atoms with Crippen LogP contribution in [0.15, 0.2) is 57.5 Å². The van der Waals surface area contributed by atoms with Gasteiger partial charge in [-0.15, -0.1) is 0 Å². The van der Waals surface area contributed by atoms with E-state index in [1.54, 1.807) is 12.1 Å². The highest BCUT2D eigenvalue weighted by atomic mass is 79.9. The third-order valence-corrected chi connectivity index (χ3v) is 6.28. The molecule has 4 rings (SSSR count). The summed E-state index contributed by atoms with van der Waals surface area (Å²) < 4.78 is 80.3. The number of anilines is 1. The number of phenolic OH excluding ortho intramolecular Hbond substituents is 1. The summed E-state index contributed by atoms with van der Waals surface area (Å²) in [5, 5.41) is 12.5. The van der Waals surface area contributed by atoms with Crippen molar-refractivity contribution >= 4 is 55.1 Å². The van der Waals surface area contributed by atoms with E-state index in [1.165, 1.54) is 24.3 Å². The Balaban J connectivity index is 1.85. The van der Waals surface area contributed by atoms with Crippen molar-refractivity contribution in [3.05, 3.63) is 79.7 Å². The molecular weight excluding hydrogens is 596 g/mol. The Kier molecular flexibility index (Phi) is 6.05. The summed E-state index contributed by atoms with van der Waals surface area (Å²) in [4.78, 5) is 12.5. The van der Waals surface area contributed by atoms with Crippen LogP contribution in [0.1, 0.15) is 22.3 Å². The van der Waals surface area contributed by atoms with Crippen LogP contribution in [0.25, 0.3) is 22.8 Å². The molecule has 0 fully saturated rings. The minimum atomic E-state index is -4.98. The third kappa shape index (κ3) is 4.72. The van der Waals surface area contributed by atoms with Gasteiger partial charge in [0.15, 0.2) is 0 Å². The third-order valence-electron chi connectivity index (χ3n) is 5.07. The number of amides is 1. The molecule has 0 atom stereocenters. The van der Waals surface area contributed by atoms with Gasteiger partial charge in [-0.3, -0.25) is 4.79 Å². The molecule has 1 aliphatic heterocycles. The van der Waals surface area contributed by atoms with Crippen molar-refractivity contribution in [3.63, 3.8) is 0 Å². The topological polar surface area (TPSA) is 49.3 Å². The first-order valence-corrected chi connectivity index (χ1v) is 11.0. The van der Waals surface area contributed by atoms with Crippen LogP contribution in [0.2, 0.25) is 0 Å². The SMILES string of the molecule is O=C1Nc2ccc(-c3cc(C(F)(F)F)cc(C(F)(F)F)c3)cc2/C1=C/c1cc(Br)c(O)c(Br)c1. The summed E-state index contributed by atoms with van der Waals surface area (Å²) in [5.74, 6) is -0.543. The number of hydrogen-bond acceptors (Lipinski definition) is 2. The quantitative estimate of drug-likeness (QED) is 0.229. The van der Waals surface area contributed by atoms with Crippen molar-refractivity contribution in [1.29, 1.82) is 0 Å². The molecule has 0 unspecified atom stereocenters. The summed E-state index contributed by atoms with van der Waals surface area (Å²) in [6.07, 6.45) is -8.46. The molecule has 1 amide bonds. The number of phenols is 1. The molecule has 0 aliphatic carbocycles. The van der Waals surface area contributed by atoms with Crippen molar-refractivity contribution in [2.75, 3.05) is 5.32 Å². The summed E-state index contributed by atoms with van der Waals surface area (Å²) in [6.45, 7) is 0. The monoisotopic (exact) mass is 605 g/mol. The Morgan fingerprint density at radius 1 is 0.794 bits per heavy atom. The molecule has 176 valence electrons. The molecule has 0 aromatic heterocycles. The van der Waals surface area contributed by atoms with Crippen LogP contribution in [0.4, 0.5) is 32.0 Å². The summed E-state index contributed by atoms with van der Waals surface area (Å²) in [5.41, 5.74) is -1.73. The minimum Gasteiger partial charge on any atom is -0.506 e. The molecule has 3 aromatic rings. The van der Waals surface area contributed by atoms with Crippen molar-refractivity contribution in [1.82, 2.24) is 0 Å². The van der Waals surface area contributed by atoms with E-state index in [4.69, 9.17) is 0 Å². The van der Waals surface area contributed by atoms with Crippen LogP contribution in [0, 0.1) is 0 Å². The van der Waals surface area contributed by atoms with Crippen molar-refractivity contribution in [2.24, 2.45) is 0 Å². The number of aromatic hydroxyl groups is 1. The zero-order valence-corrected chi connectivity index (χ0v) is 19.7. The Hall–Kier alpha value is -2.79. The van der Waals surface area contributed by atoms with E-state index < -0.39 is 29.4 Å². The van der Waals surface area contributed by atoms with Gasteiger partial charge in [-0.1, -0.05) is 6.07 Å². The Labute approximate surface area is 205 Å². The summed E-state index contributed by atoms with van der Waals surface area (Å²) in [7, 11) is 0. The number of hydrogen-bond donors (Lipinski definition) is 2. The molecule has 11 heteroatoms. The minimum absolute atomic E-state index is 0.0503. The van der Waals surface area contributed by atoms with E-state index in [9.17, 15) is 36.2 Å². The van der Waals surface area contributed by atoms with Gasteiger partial charge in [-0.25, -0.2) is 0 Å². The van der Waals surface area contributed by atoms with Crippen LogP contribution in [-0.2, 0) is 17.1 Å². The number of carbonyl (C=O) groups excluding carboxylic acids is 1. The van der Waals surface area contributed by atoms with Crippen LogP contribution in [0.3, 0.4) is 0 Å². The largest absolute Gasteiger partial charge is 0.506 e. The second kappa shape index (κ2) is 8.46. The molecule has 3 aromatic carbocycles. The Morgan fingerprint density at radius 3 is 1.88 bits per heavy atom. The summed E-state index contributed by atoms with van der Waals surface area (Å²) >= 11 is 6.37. The van der Waals surface area contributed by atoms with Crippen molar-refractivity contribution in [2.45, 2.75) is 12.4 Å². The highest BCUT2D eigenvalue weighted by Gasteiger charge is 2.37. The smallest absolute Gasteiger partial charge is 0.416 e. The molecule has 1 aliphatic rings. The highest BCUT2D eigenvalue weighted by molar-refractivity contribution is 9.11. The number of benzene rings is 3. The molecule has 2 N–H and O–H groups in total. The fourth-order valence-corrected chi connectivity index (χ4v) is 4.69. The molecule has 0 bridgehead atoms. The van der Waals surface area contributed by atoms with Crippen LogP contribution < -0.4 is 5.32 Å². The molecular formula is C23H11Br2F6NO2. The maximum absolute atomic E-state index is 13.3. The van der Waals surface area contributed by atoms with E-state index >= 15 is 0 Å². The molecule has 0 saturated heterocycles. The molecule has 0 spiro atoms. The molecule has 34 heavy (non-hydrogen) atoms. The number of fused-ring (bicyclic) bond motifs is 1. The van der Waals surface area contributed by atoms with Crippen LogP contribution >= 0.6 is 31.9 Å². The van der Waals surface area contributed by atoms with Gasteiger partial charge in [0.2, 0.25) is 0 Å². The lowest BCUT2D eigenvalue weighted by molar-refractivity contribution is -0.143. The fourth-order valence-electron chi connectivity index (χ4n) is 3.47. The number of alkyl halides is 6. The molecule has 1 heterocycles. The van der Waals surface area contributed by atoms with Gasteiger partial charge >= 0.3 is 12.4 Å². The normalized spacial score (nSPS) is 14.9. The van der Waals surface area contributed by atoms with E-state index in [0.29, 0.717) is 37.9 Å². The van der Waals surface area contributed by atoms with E-state index in [0.717, 1.165) is 0 Å². The second-order valence-electron chi connectivity index (χ2n) is 7.40. The highest BCUT2D eigenvalue weighted by Crippen LogP contribution is 2.42. The van der Waals surface area contributed by atoms with Gasteiger partial charge in [0.1, 0.15) is 5.75 Å². The van der Waals surface area contributed by atoms with Gasteiger partial charge in [-0.05, 0) is 97.1 Å². The van der Waals surface area contributed by atoms with Gasteiger partial charge in [-0.2, -0.15) is 26.3 Å². The predicted molar refractivity (Wildman–Crippen MR) is 122 cm³/mol. The number of rotatable bonds is 2. The lowest BCUT2D eigenvalue weighted by Gasteiger charge is -2.15. The van der Waals surface area contributed by atoms with Gasteiger partial charge in [0.05, 0.1) is 20.1 Å². The Bertz CT molecular complexity index is 1310. The van der Waals surface area contributed by atoms with Crippen molar-refractivity contribution in [3.8, 4) is 16.9 Å². The van der Waals surface area contributed by atoms with Gasteiger partial charge in [0, 0.05) is 16.8 Å². The maximum Gasteiger partial charge on any atom is 0.416 e. The first-order chi connectivity index (χ1) is 15.7. The molecule has 0 saturated carbocycles. The van der Waals surface area contributed by atoms with Gasteiger partial charge in [0.25, 0.3) is 5.91 Å². The fraction of sp³-hybridized carbons (Fsp3) is 0.0870.